The van der Waals surface area contributed by atoms with Gasteiger partial charge in [-0.15, -0.1) is 0 Å². The number of benzene rings is 2. The summed E-state index contributed by atoms with van der Waals surface area (Å²) in [7, 11) is 0. The lowest BCUT2D eigenvalue weighted by Crippen LogP contribution is -2.38. The maximum Gasteiger partial charge on any atom is 0.196 e. The smallest absolute Gasteiger partial charge is 0.196 e. The Labute approximate surface area is 164 Å². The zero-order chi connectivity index (χ0) is 19.6. The van der Waals surface area contributed by atoms with Crippen LogP contribution in [0.25, 0.3) is 0 Å². The number of hydrogen-bond acceptors (Lipinski definition) is 3. The summed E-state index contributed by atoms with van der Waals surface area (Å²) in [4.78, 5) is 12.8. The third-order valence-electron chi connectivity index (χ3n) is 5.56. The van der Waals surface area contributed by atoms with Crippen LogP contribution in [0.15, 0.2) is 36.4 Å². The maximum atomic E-state index is 15.0. The van der Waals surface area contributed by atoms with E-state index in [9.17, 15) is 14.3 Å². The lowest BCUT2D eigenvalue weighted by Gasteiger charge is -2.38. The predicted octanol–water partition coefficient (Wildman–Crippen LogP) is 5.04. The Hall–Kier alpha value is -1.75. The van der Waals surface area contributed by atoms with Gasteiger partial charge in [-0.25, -0.2) is 4.39 Å². The summed E-state index contributed by atoms with van der Waals surface area (Å²) < 4.78 is 20.4. The number of aliphatic hydroxyl groups is 1. The van der Waals surface area contributed by atoms with E-state index in [0.29, 0.717) is 41.3 Å². The zero-order valence-electron chi connectivity index (χ0n) is 15.6. The van der Waals surface area contributed by atoms with Gasteiger partial charge < -0.3 is 9.84 Å². The van der Waals surface area contributed by atoms with Crippen LogP contribution in [0.1, 0.15) is 53.2 Å². The van der Waals surface area contributed by atoms with Crippen LogP contribution in [0.2, 0.25) is 5.02 Å². The molecule has 3 rings (SSSR count). The molecule has 144 valence electrons. The summed E-state index contributed by atoms with van der Waals surface area (Å²) in [6, 6.07) is 9.44. The van der Waals surface area contributed by atoms with Gasteiger partial charge in [0.05, 0.1) is 11.2 Å². The summed E-state index contributed by atoms with van der Waals surface area (Å²) in [5.41, 5.74) is 0.330. The summed E-state index contributed by atoms with van der Waals surface area (Å²) in [5.74, 6) is -0.990. The number of carbonyl (C=O) groups is 1. The van der Waals surface area contributed by atoms with Crippen molar-refractivity contribution in [1.82, 2.24) is 0 Å². The van der Waals surface area contributed by atoms with Gasteiger partial charge in [0.25, 0.3) is 0 Å². The monoisotopic (exact) mass is 390 g/mol. The minimum Gasteiger partial charge on any atom is -0.385 e. The molecule has 0 aliphatic carbocycles. The summed E-state index contributed by atoms with van der Waals surface area (Å²) >= 11 is 5.86. The highest BCUT2D eigenvalue weighted by molar-refractivity contribution is 6.30. The van der Waals surface area contributed by atoms with Crippen LogP contribution in [-0.4, -0.2) is 24.1 Å². The van der Waals surface area contributed by atoms with Crippen molar-refractivity contribution in [3.63, 3.8) is 0 Å². The van der Waals surface area contributed by atoms with Gasteiger partial charge in [-0.1, -0.05) is 24.6 Å². The first-order valence-electron chi connectivity index (χ1n) is 9.27. The van der Waals surface area contributed by atoms with Crippen molar-refractivity contribution in [3.05, 3.63) is 69.5 Å². The molecule has 1 saturated heterocycles. The number of hydrogen-bond donors (Lipinski definition) is 1. The van der Waals surface area contributed by atoms with Gasteiger partial charge in [-0.05, 0) is 73.6 Å². The summed E-state index contributed by atoms with van der Waals surface area (Å²) in [6.07, 6.45) is 1.94. The average molecular weight is 391 g/mol. The maximum absolute atomic E-state index is 15.0. The minimum absolute atomic E-state index is 0.00728. The molecule has 0 saturated carbocycles. The van der Waals surface area contributed by atoms with E-state index in [-0.39, 0.29) is 17.3 Å². The fourth-order valence-corrected chi connectivity index (χ4v) is 4.06. The largest absolute Gasteiger partial charge is 0.385 e. The molecule has 2 aromatic carbocycles. The van der Waals surface area contributed by atoms with E-state index in [4.69, 9.17) is 16.3 Å². The standard InChI is InChI=1S/C22H24ClFO3/c1-3-22(26,16-8-10-27-11-9-16)17-12-14(2)20(19(24)13-17)21(25)15-4-6-18(23)7-5-15/h4-7,12-13,16,26H,3,8-11H2,1-2H3. The van der Waals surface area contributed by atoms with Gasteiger partial charge in [0.2, 0.25) is 0 Å². The molecule has 0 aromatic heterocycles. The Kier molecular flexibility index (Phi) is 5.99. The average Bonchev–Trinajstić information content (AvgIpc) is 2.67. The van der Waals surface area contributed by atoms with Crippen molar-refractivity contribution >= 4 is 17.4 Å². The van der Waals surface area contributed by atoms with Gasteiger partial charge in [0.15, 0.2) is 5.78 Å². The molecule has 1 N–H and O–H groups in total. The molecular formula is C22H24ClFO3. The molecule has 0 radical (unpaired) electrons. The first-order chi connectivity index (χ1) is 12.9. The molecule has 1 aliphatic heterocycles. The predicted molar refractivity (Wildman–Crippen MR) is 104 cm³/mol. The van der Waals surface area contributed by atoms with Crippen LogP contribution in [-0.2, 0) is 10.3 Å². The van der Waals surface area contributed by atoms with Crippen LogP contribution < -0.4 is 0 Å². The Bertz CT molecular complexity index is 805. The van der Waals surface area contributed by atoms with Gasteiger partial charge >= 0.3 is 0 Å². The Morgan fingerprint density at radius 1 is 1.26 bits per heavy atom. The molecule has 1 fully saturated rings. The molecule has 1 atom stereocenters. The molecule has 1 unspecified atom stereocenters. The Morgan fingerprint density at radius 2 is 1.89 bits per heavy atom. The molecule has 3 nitrogen and oxygen atoms in total. The molecule has 5 heteroatoms. The minimum atomic E-state index is -1.13. The highest BCUT2D eigenvalue weighted by Crippen LogP contribution is 2.40. The number of ether oxygens (including phenoxy) is 1. The molecule has 1 heterocycles. The third-order valence-corrected chi connectivity index (χ3v) is 5.81. The van der Waals surface area contributed by atoms with Crippen LogP contribution in [0.5, 0.6) is 0 Å². The van der Waals surface area contributed by atoms with E-state index in [1.807, 2.05) is 6.92 Å². The van der Waals surface area contributed by atoms with Crippen LogP contribution >= 0.6 is 11.6 Å². The lowest BCUT2D eigenvalue weighted by molar-refractivity contribution is -0.0732. The zero-order valence-corrected chi connectivity index (χ0v) is 16.4. The van der Waals surface area contributed by atoms with Gasteiger partial charge in [0.1, 0.15) is 5.82 Å². The second-order valence-corrected chi connectivity index (χ2v) is 7.59. The van der Waals surface area contributed by atoms with Crippen molar-refractivity contribution in [1.29, 1.82) is 0 Å². The van der Waals surface area contributed by atoms with E-state index in [0.717, 1.165) is 12.8 Å². The molecule has 0 spiro atoms. The fourth-order valence-electron chi connectivity index (χ4n) is 3.93. The number of rotatable bonds is 5. The topological polar surface area (TPSA) is 46.5 Å². The third kappa shape index (κ3) is 3.93. The summed E-state index contributed by atoms with van der Waals surface area (Å²) in [5, 5.41) is 11.8. The van der Waals surface area contributed by atoms with E-state index in [1.54, 1.807) is 37.3 Å². The molecule has 27 heavy (non-hydrogen) atoms. The first kappa shape index (κ1) is 20.0. The van der Waals surface area contributed by atoms with Crippen LogP contribution in [0.4, 0.5) is 4.39 Å². The number of halogens is 2. The SMILES string of the molecule is CCC(O)(c1cc(C)c(C(=O)c2ccc(Cl)cc2)c(F)c1)C1CCOCC1. The molecule has 0 bridgehead atoms. The van der Waals surface area contributed by atoms with Crippen molar-refractivity contribution in [2.75, 3.05) is 13.2 Å². The van der Waals surface area contributed by atoms with Gasteiger partial charge in [-0.3, -0.25) is 4.79 Å². The van der Waals surface area contributed by atoms with Crippen LogP contribution in [0, 0.1) is 18.7 Å². The number of aryl methyl sites for hydroxylation is 1. The molecular weight excluding hydrogens is 367 g/mol. The number of carbonyl (C=O) groups excluding carboxylic acids is 1. The highest BCUT2D eigenvalue weighted by atomic mass is 35.5. The van der Waals surface area contributed by atoms with E-state index in [2.05, 4.69) is 0 Å². The number of ketones is 1. The van der Waals surface area contributed by atoms with Crippen molar-refractivity contribution in [3.8, 4) is 0 Å². The molecule has 2 aromatic rings. The van der Waals surface area contributed by atoms with Gasteiger partial charge in [0, 0.05) is 23.8 Å². The van der Waals surface area contributed by atoms with E-state index < -0.39 is 11.4 Å². The second-order valence-electron chi connectivity index (χ2n) is 7.15. The fraction of sp³-hybridized carbons (Fsp3) is 0.409. The van der Waals surface area contributed by atoms with Crippen molar-refractivity contribution in [2.24, 2.45) is 5.92 Å². The van der Waals surface area contributed by atoms with E-state index >= 15 is 0 Å². The van der Waals surface area contributed by atoms with Crippen molar-refractivity contribution in [2.45, 2.75) is 38.7 Å². The van der Waals surface area contributed by atoms with Crippen molar-refractivity contribution < 1.29 is 19.0 Å². The highest BCUT2D eigenvalue weighted by Gasteiger charge is 2.38. The lowest BCUT2D eigenvalue weighted by atomic mass is 9.74. The second kappa shape index (κ2) is 8.09. The first-order valence-corrected chi connectivity index (χ1v) is 9.65. The summed E-state index contributed by atoms with van der Waals surface area (Å²) in [6.45, 7) is 4.80. The normalized spacial score (nSPS) is 17.5. The molecule has 0 amide bonds. The molecule has 1 aliphatic rings. The Balaban J connectivity index is 1.98. The Morgan fingerprint density at radius 3 is 2.44 bits per heavy atom. The van der Waals surface area contributed by atoms with Gasteiger partial charge in [-0.2, -0.15) is 0 Å². The van der Waals surface area contributed by atoms with Crippen LogP contribution in [0.3, 0.4) is 0 Å². The quantitative estimate of drug-likeness (QED) is 0.727. The van der Waals surface area contributed by atoms with E-state index in [1.165, 1.54) is 6.07 Å².